The Bertz CT molecular complexity index is 687. The number of anilines is 1. The molecule has 0 spiro atoms. The largest absolute Gasteiger partial charge is 0.369 e. The van der Waals surface area contributed by atoms with Gasteiger partial charge >= 0.3 is 0 Å². The van der Waals surface area contributed by atoms with E-state index in [4.69, 9.17) is 5.73 Å². The average molecular weight is 356 g/mol. The van der Waals surface area contributed by atoms with Crippen LogP contribution in [0.15, 0.2) is 47.8 Å². The number of nitrogens with two attached hydrogens (primary N) is 1. The molecule has 0 aliphatic heterocycles. The molecule has 25 heavy (non-hydrogen) atoms. The first kappa shape index (κ1) is 17.7. The van der Waals surface area contributed by atoms with Gasteiger partial charge < -0.3 is 11.1 Å². The van der Waals surface area contributed by atoms with Crippen molar-refractivity contribution in [3.63, 3.8) is 0 Å². The van der Waals surface area contributed by atoms with Crippen molar-refractivity contribution in [3.05, 3.63) is 48.3 Å². The summed E-state index contributed by atoms with van der Waals surface area (Å²) in [5.41, 5.74) is 6.67. The van der Waals surface area contributed by atoms with Gasteiger partial charge in [-0.2, -0.15) is 0 Å². The van der Waals surface area contributed by atoms with Crippen molar-refractivity contribution in [2.24, 2.45) is 17.6 Å². The Kier molecular flexibility index (Phi) is 6.28. The number of primary amides is 1. The Morgan fingerprint density at radius 3 is 2.64 bits per heavy atom. The number of rotatable bonds is 7. The maximum Gasteiger partial charge on any atom is 0.220 e. The fourth-order valence-corrected chi connectivity index (χ4v) is 3.94. The van der Waals surface area contributed by atoms with Crippen LogP contribution >= 0.6 is 11.8 Å². The van der Waals surface area contributed by atoms with Crippen LogP contribution in [0.2, 0.25) is 0 Å². The van der Waals surface area contributed by atoms with E-state index < -0.39 is 0 Å². The normalized spacial score (nSPS) is 20.2. The van der Waals surface area contributed by atoms with Crippen molar-refractivity contribution < 1.29 is 4.79 Å². The quantitative estimate of drug-likeness (QED) is 0.743. The van der Waals surface area contributed by atoms with E-state index in [1.807, 2.05) is 18.2 Å². The Balaban J connectivity index is 1.46. The second kappa shape index (κ2) is 8.85. The highest BCUT2D eigenvalue weighted by Gasteiger charge is 2.24. The molecule has 3 rings (SSSR count). The molecule has 2 aromatic rings. The van der Waals surface area contributed by atoms with Gasteiger partial charge in [0.05, 0.1) is 12.4 Å². The predicted molar refractivity (Wildman–Crippen MR) is 101 cm³/mol. The van der Waals surface area contributed by atoms with Crippen molar-refractivity contribution in [1.82, 2.24) is 9.97 Å². The van der Waals surface area contributed by atoms with Gasteiger partial charge in [0.25, 0.3) is 0 Å². The highest BCUT2D eigenvalue weighted by Crippen LogP contribution is 2.29. The van der Waals surface area contributed by atoms with E-state index in [9.17, 15) is 4.79 Å². The second-order valence-electron chi connectivity index (χ2n) is 6.52. The van der Waals surface area contributed by atoms with E-state index in [0.29, 0.717) is 5.92 Å². The molecule has 6 heteroatoms. The minimum Gasteiger partial charge on any atom is -0.369 e. The molecule has 1 fully saturated rings. The minimum atomic E-state index is -0.152. The van der Waals surface area contributed by atoms with Gasteiger partial charge in [-0.05, 0) is 37.2 Å². The first-order valence-electron chi connectivity index (χ1n) is 8.72. The fraction of sp³-hybridized carbons (Fsp3) is 0.421. The van der Waals surface area contributed by atoms with Crippen molar-refractivity contribution >= 4 is 23.5 Å². The van der Waals surface area contributed by atoms with E-state index >= 15 is 0 Å². The van der Waals surface area contributed by atoms with Gasteiger partial charge in [0.15, 0.2) is 0 Å². The molecule has 3 N–H and O–H groups in total. The van der Waals surface area contributed by atoms with Crippen molar-refractivity contribution in [3.8, 4) is 0 Å². The molecular weight excluding hydrogens is 332 g/mol. The third kappa shape index (κ3) is 5.46. The summed E-state index contributed by atoms with van der Waals surface area (Å²) in [6.45, 7) is 0.868. The fourth-order valence-electron chi connectivity index (χ4n) is 3.13. The summed E-state index contributed by atoms with van der Waals surface area (Å²) in [6.07, 6.45) is 7.45. The van der Waals surface area contributed by atoms with Crippen LogP contribution in [0.25, 0.3) is 0 Å². The summed E-state index contributed by atoms with van der Waals surface area (Å²) < 4.78 is 0. The number of aromatic nitrogens is 2. The highest BCUT2D eigenvalue weighted by atomic mass is 32.2. The van der Waals surface area contributed by atoms with Crippen molar-refractivity contribution in [2.75, 3.05) is 11.9 Å². The van der Waals surface area contributed by atoms with E-state index in [2.05, 4.69) is 27.4 Å². The molecule has 5 nitrogen and oxygen atoms in total. The topological polar surface area (TPSA) is 80.9 Å². The number of nitrogens with zero attached hydrogens (tertiary/aromatic N) is 2. The van der Waals surface area contributed by atoms with Gasteiger partial charge in [0, 0.05) is 18.2 Å². The summed E-state index contributed by atoms with van der Waals surface area (Å²) >= 11 is 1.69. The lowest BCUT2D eigenvalue weighted by molar-refractivity contribution is -0.122. The molecular formula is C19H24N4OS. The summed E-state index contributed by atoms with van der Waals surface area (Å²) in [7, 11) is 0. The zero-order chi connectivity index (χ0) is 17.5. The van der Waals surface area contributed by atoms with Crippen molar-refractivity contribution in [2.45, 2.75) is 36.5 Å². The summed E-state index contributed by atoms with van der Waals surface area (Å²) in [4.78, 5) is 20.1. The Morgan fingerprint density at radius 1 is 1.16 bits per heavy atom. The predicted octanol–water partition coefficient (Wildman–Crippen LogP) is 3.47. The third-order valence-electron chi connectivity index (χ3n) is 4.66. The number of nitrogens with one attached hydrogen (secondary N) is 1. The van der Waals surface area contributed by atoms with Gasteiger partial charge in [0.2, 0.25) is 5.91 Å². The monoisotopic (exact) mass is 356 g/mol. The molecule has 1 saturated carbocycles. The van der Waals surface area contributed by atoms with E-state index in [0.717, 1.165) is 48.8 Å². The molecule has 1 heterocycles. The summed E-state index contributed by atoms with van der Waals surface area (Å²) in [6, 6.07) is 10.4. The van der Waals surface area contributed by atoms with Crippen LogP contribution in [-0.2, 0) is 10.5 Å². The van der Waals surface area contributed by atoms with Crippen LogP contribution in [0.5, 0.6) is 0 Å². The van der Waals surface area contributed by atoms with Crippen LogP contribution in [0.1, 0.15) is 31.2 Å². The summed E-state index contributed by atoms with van der Waals surface area (Å²) in [5, 5.41) is 4.32. The minimum absolute atomic E-state index is 0.0637. The SMILES string of the molecule is NC(=O)C1CCC(CNc2cncc(SCc3ccccc3)n2)CC1. The lowest BCUT2D eigenvalue weighted by Gasteiger charge is -2.26. The molecule has 0 bridgehead atoms. The number of amides is 1. The molecule has 1 aromatic carbocycles. The van der Waals surface area contributed by atoms with Crippen LogP contribution < -0.4 is 11.1 Å². The smallest absolute Gasteiger partial charge is 0.220 e. The number of carbonyl (C=O) groups excluding carboxylic acids is 1. The Morgan fingerprint density at radius 2 is 1.92 bits per heavy atom. The van der Waals surface area contributed by atoms with Gasteiger partial charge in [-0.3, -0.25) is 9.78 Å². The molecule has 1 amide bonds. The third-order valence-corrected chi connectivity index (χ3v) is 5.63. The van der Waals surface area contributed by atoms with E-state index in [-0.39, 0.29) is 11.8 Å². The first-order valence-corrected chi connectivity index (χ1v) is 9.71. The lowest BCUT2D eigenvalue weighted by Crippen LogP contribution is -2.29. The number of hydrogen-bond donors (Lipinski definition) is 2. The van der Waals surface area contributed by atoms with Gasteiger partial charge in [-0.1, -0.05) is 30.3 Å². The lowest BCUT2D eigenvalue weighted by atomic mass is 9.81. The van der Waals surface area contributed by atoms with Crippen LogP contribution in [0.3, 0.4) is 0 Å². The zero-order valence-corrected chi connectivity index (χ0v) is 15.0. The number of carbonyl (C=O) groups is 1. The maximum atomic E-state index is 11.2. The van der Waals surface area contributed by atoms with Crippen LogP contribution in [-0.4, -0.2) is 22.4 Å². The molecule has 1 aliphatic rings. The second-order valence-corrected chi connectivity index (χ2v) is 7.51. The Labute approximate surface area is 152 Å². The van der Waals surface area contributed by atoms with Gasteiger partial charge in [0.1, 0.15) is 10.8 Å². The molecule has 0 atom stereocenters. The number of thioether (sulfide) groups is 1. The Hall–Kier alpha value is -2.08. The van der Waals surface area contributed by atoms with Gasteiger partial charge in [-0.25, -0.2) is 4.98 Å². The highest BCUT2D eigenvalue weighted by molar-refractivity contribution is 7.98. The van der Waals surface area contributed by atoms with Crippen LogP contribution in [0.4, 0.5) is 5.82 Å². The van der Waals surface area contributed by atoms with Crippen LogP contribution in [0, 0.1) is 11.8 Å². The molecule has 132 valence electrons. The molecule has 1 aliphatic carbocycles. The van der Waals surface area contributed by atoms with Crippen molar-refractivity contribution in [1.29, 1.82) is 0 Å². The number of hydrogen-bond acceptors (Lipinski definition) is 5. The van der Waals surface area contributed by atoms with Gasteiger partial charge in [-0.15, -0.1) is 11.8 Å². The maximum absolute atomic E-state index is 11.2. The molecule has 0 unspecified atom stereocenters. The first-order chi connectivity index (χ1) is 12.2. The van der Waals surface area contributed by atoms with E-state index in [1.165, 1.54) is 5.56 Å². The molecule has 0 saturated heterocycles. The van der Waals surface area contributed by atoms with E-state index in [1.54, 1.807) is 24.2 Å². The summed E-state index contributed by atoms with van der Waals surface area (Å²) in [5.74, 6) is 2.18. The zero-order valence-electron chi connectivity index (χ0n) is 14.2. The number of benzene rings is 1. The molecule has 1 aromatic heterocycles. The average Bonchev–Trinajstić information content (AvgIpc) is 2.66. The standard InChI is InChI=1S/C19H24N4OS/c20-19(24)16-8-6-14(7-9-16)10-22-17-11-21-12-18(23-17)25-13-15-4-2-1-3-5-15/h1-5,11-12,14,16H,6-10,13H2,(H2,20,24)(H,22,23). The molecule has 0 radical (unpaired) electrons.